The summed E-state index contributed by atoms with van der Waals surface area (Å²) in [6.45, 7) is 3.80. The highest BCUT2D eigenvalue weighted by Gasteiger charge is 2.35. The molecule has 2 atom stereocenters. The van der Waals surface area contributed by atoms with Gasteiger partial charge in [0.25, 0.3) is 0 Å². The molecule has 6 heteroatoms. The molecule has 2 aromatic rings. The fraction of sp³-hybridized carbons (Fsp3) is 0.273. The summed E-state index contributed by atoms with van der Waals surface area (Å²) in [6.07, 6.45) is 1.61. The van der Waals surface area contributed by atoms with Gasteiger partial charge in [0, 0.05) is 11.5 Å². The number of hydrogen-bond acceptors (Lipinski definition) is 5. The third kappa shape index (κ3) is 7.09. The molecule has 2 rings (SSSR count). The maximum atomic E-state index is 12.9. The number of alkyl halides is 1. The molecule has 0 spiro atoms. The highest BCUT2D eigenvalue weighted by molar-refractivity contribution is 14.1. The van der Waals surface area contributed by atoms with Gasteiger partial charge < -0.3 is 15.2 Å². The van der Waals surface area contributed by atoms with E-state index in [1.54, 1.807) is 37.5 Å². The van der Waals surface area contributed by atoms with Crippen LogP contribution in [0.25, 0.3) is 0 Å². The van der Waals surface area contributed by atoms with Crippen LogP contribution in [0.5, 0.6) is 5.75 Å². The zero-order chi connectivity index (χ0) is 21.5. The molecule has 2 N–H and O–H groups in total. The van der Waals surface area contributed by atoms with E-state index >= 15 is 0 Å². The Morgan fingerprint density at radius 1 is 1.00 bits per heavy atom. The number of carbonyl (C=O) groups is 2. The van der Waals surface area contributed by atoms with Crippen LogP contribution < -0.4 is 10.5 Å². The van der Waals surface area contributed by atoms with Gasteiger partial charge in [0.1, 0.15) is 11.7 Å². The number of halogens is 1. The molecule has 0 bridgehead atoms. The van der Waals surface area contributed by atoms with Gasteiger partial charge in [-0.1, -0.05) is 59.0 Å². The number of ether oxygens (including phenoxy) is 2. The maximum Gasteiger partial charge on any atom is 0.317 e. The van der Waals surface area contributed by atoms with Gasteiger partial charge in [0.2, 0.25) is 0 Å². The summed E-state index contributed by atoms with van der Waals surface area (Å²) in [6, 6.07) is 16.0. The van der Waals surface area contributed by atoms with Crippen LogP contribution in [0.3, 0.4) is 0 Å². The van der Waals surface area contributed by atoms with Crippen molar-refractivity contribution in [3.63, 3.8) is 0 Å². The largest absolute Gasteiger partial charge is 0.497 e. The Labute approximate surface area is 181 Å². The van der Waals surface area contributed by atoms with Gasteiger partial charge in [0.05, 0.1) is 14.2 Å². The van der Waals surface area contributed by atoms with Crippen LogP contribution in [0.15, 0.2) is 67.3 Å². The van der Waals surface area contributed by atoms with Gasteiger partial charge in [-0.2, -0.15) is 0 Å². The number of rotatable bonds is 7. The van der Waals surface area contributed by atoms with E-state index in [1.807, 2.05) is 35.3 Å². The van der Waals surface area contributed by atoms with Crippen molar-refractivity contribution in [2.75, 3.05) is 26.2 Å². The summed E-state index contributed by atoms with van der Waals surface area (Å²) in [5.74, 6) is -1.69. The molecule has 0 aliphatic rings. The first-order valence-corrected chi connectivity index (χ1v) is 10.7. The highest BCUT2D eigenvalue weighted by Crippen LogP contribution is 2.30. The number of carbonyl (C=O) groups excluding carboxylic acids is 2. The number of Topliss-reactive ketones (excluding diaryl/α,β-unsaturated/α-hetero) is 1. The molecule has 5 nitrogen and oxygen atoms in total. The Bertz CT molecular complexity index is 717. The Balaban J connectivity index is 0.00000171. The van der Waals surface area contributed by atoms with Gasteiger partial charge in [-0.25, -0.2) is 0 Å². The lowest BCUT2D eigenvalue weighted by molar-refractivity contribution is -0.144. The van der Waals surface area contributed by atoms with Gasteiger partial charge in [-0.3, -0.25) is 9.59 Å². The molecule has 0 radical (unpaired) electrons. The first kappa shape index (κ1) is 25.8. The molecular formula is C22H28INO4. The van der Waals surface area contributed by atoms with Crippen molar-refractivity contribution in [2.24, 2.45) is 11.7 Å². The molecule has 0 aliphatic heterocycles. The van der Waals surface area contributed by atoms with E-state index in [4.69, 9.17) is 9.47 Å². The summed E-state index contributed by atoms with van der Waals surface area (Å²) < 4.78 is 9.97. The smallest absolute Gasteiger partial charge is 0.317 e. The minimum Gasteiger partial charge on any atom is -0.497 e. The Hall–Kier alpha value is -2.19. The predicted octanol–water partition coefficient (Wildman–Crippen LogP) is 4.26. The topological polar surface area (TPSA) is 78.6 Å². The van der Waals surface area contributed by atoms with Crippen molar-refractivity contribution in [2.45, 2.75) is 5.92 Å². The van der Waals surface area contributed by atoms with Crippen LogP contribution in [-0.4, -0.2) is 38.0 Å². The molecule has 0 saturated heterocycles. The average Bonchev–Trinajstić information content (AvgIpc) is 2.79. The van der Waals surface area contributed by atoms with Crippen LogP contribution in [0.2, 0.25) is 0 Å². The van der Waals surface area contributed by atoms with Crippen molar-refractivity contribution >= 4 is 34.3 Å². The standard InChI is InChI=1S/C20H20O4.CH3I.CH5N/c1-4-17(14-8-6-5-7-9-14)18(20(22)24-3)19(21)15-10-12-16(23-2)13-11-15;2*1-2/h4-13,17-18H,1H2,2-3H3;1H3;2H2,1H3. The van der Waals surface area contributed by atoms with E-state index in [2.05, 4.69) is 34.9 Å². The van der Waals surface area contributed by atoms with E-state index in [9.17, 15) is 9.59 Å². The lowest BCUT2D eigenvalue weighted by atomic mass is 9.81. The second kappa shape index (κ2) is 14.8. The fourth-order valence-electron chi connectivity index (χ4n) is 2.62. The molecule has 28 heavy (non-hydrogen) atoms. The van der Waals surface area contributed by atoms with Crippen molar-refractivity contribution in [3.05, 3.63) is 78.4 Å². The van der Waals surface area contributed by atoms with Crippen LogP contribution in [0.4, 0.5) is 0 Å². The van der Waals surface area contributed by atoms with Crippen molar-refractivity contribution in [1.29, 1.82) is 0 Å². The quantitative estimate of drug-likeness (QED) is 0.155. The first-order valence-electron chi connectivity index (χ1n) is 8.51. The monoisotopic (exact) mass is 497 g/mol. The SMILES string of the molecule is C=CC(c1ccccc1)C(C(=O)OC)C(=O)c1ccc(OC)cc1.CI.CN. The van der Waals surface area contributed by atoms with Crippen molar-refractivity contribution in [1.82, 2.24) is 0 Å². The molecule has 0 amide bonds. The molecule has 152 valence electrons. The summed E-state index contributed by atoms with van der Waals surface area (Å²) in [4.78, 5) is 27.2. The van der Waals surface area contributed by atoms with Gasteiger partial charge in [0.15, 0.2) is 5.78 Å². The van der Waals surface area contributed by atoms with Crippen molar-refractivity contribution in [3.8, 4) is 5.75 Å². The number of nitrogens with two attached hydrogens (primary N) is 1. The molecule has 0 heterocycles. The predicted molar refractivity (Wildman–Crippen MR) is 122 cm³/mol. The number of hydrogen-bond donors (Lipinski definition) is 1. The second-order valence-electron chi connectivity index (χ2n) is 5.27. The first-order chi connectivity index (χ1) is 13.6. The number of allylic oxidation sites excluding steroid dienone is 1. The second-order valence-corrected chi connectivity index (χ2v) is 5.27. The van der Waals surface area contributed by atoms with E-state index < -0.39 is 17.8 Å². The van der Waals surface area contributed by atoms with Crippen LogP contribution in [0, 0.1) is 5.92 Å². The van der Waals surface area contributed by atoms with Crippen LogP contribution in [0.1, 0.15) is 21.8 Å². The van der Waals surface area contributed by atoms with Gasteiger partial charge in [-0.15, -0.1) is 6.58 Å². The third-order valence-corrected chi connectivity index (χ3v) is 3.91. The molecule has 0 fully saturated rings. The van der Waals surface area contributed by atoms with Crippen LogP contribution in [-0.2, 0) is 9.53 Å². The average molecular weight is 497 g/mol. The van der Waals surface area contributed by atoms with E-state index in [-0.39, 0.29) is 5.78 Å². The summed E-state index contributed by atoms with van der Waals surface area (Å²) >= 11 is 2.15. The fourth-order valence-corrected chi connectivity index (χ4v) is 2.62. The van der Waals surface area contributed by atoms with Crippen LogP contribution >= 0.6 is 22.6 Å². The summed E-state index contributed by atoms with van der Waals surface area (Å²) in [5.41, 5.74) is 5.76. The lowest BCUT2D eigenvalue weighted by Crippen LogP contribution is -2.30. The molecule has 0 aliphatic carbocycles. The number of methoxy groups -OCH3 is 2. The van der Waals surface area contributed by atoms with E-state index in [0.717, 1.165) is 5.56 Å². The summed E-state index contributed by atoms with van der Waals surface area (Å²) in [7, 11) is 4.33. The number of esters is 1. The third-order valence-electron chi connectivity index (χ3n) is 3.91. The normalized spacial score (nSPS) is 11.4. The highest BCUT2D eigenvalue weighted by atomic mass is 127. The van der Waals surface area contributed by atoms with E-state index in [0.29, 0.717) is 11.3 Å². The van der Waals surface area contributed by atoms with Gasteiger partial charge in [-0.05, 0) is 41.8 Å². The Morgan fingerprint density at radius 3 is 1.96 bits per heavy atom. The minimum atomic E-state index is -0.983. The zero-order valence-corrected chi connectivity index (χ0v) is 18.9. The maximum absolute atomic E-state index is 12.9. The Kier molecular flexibility index (Phi) is 13.7. The summed E-state index contributed by atoms with van der Waals surface area (Å²) in [5, 5.41) is 0. The lowest BCUT2D eigenvalue weighted by Gasteiger charge is -2.22. The molecule has 2 aromatic carbocycles. The molecule has 0 aromatic heterocycles. The molecule has 2 unspecified atom stereocenters. The molecular weight excluding hydrogens is 469 g/mol. The number of benzene rings is 2. The van der Waals surface area contributed by atoms with E-state index in [1.165, 1.54) is 14.2 Å². The Morgan fingerprint density at radius 2 is 1.54 bits per heavy atom. The molecule has 0 saturated carbocycles. The van der Waals surface area contributed by atoms with Crippen molar-refractivity contribution < 1.29 is 19.1 Å². The minimum absolute atomic E-state index is 0.307. The van der Waals surface area contributed by atoms with Gasteiger partial charge >= 0.3 is 5.97 Å². The number of ketones is 1. The zero-order valence-electron chi connectivity index (χ0n) is 16.7.